The molecule has 2 unspecified atom stereocenters. The first-order valence-corrected chi connectivity index (χ1v) is 7.22. The highest BCUT2D eigenvalue weighted by Gasteiger charge is 2.34. The minimum atomic E-state index is 0. The van der Waals surface area contributed by atoms with Gasteiger partial charge >= 0.3 is 0 Å². The Balaban J connectivity index is 0.00000133. The molecule has 4 nitrogen and oxygen atoms in total. The van der Waals surface area contributed by atoms with Gasteiger partial charge in [-0.3, -0.25) is 9.58 Å². The quantitative estimate of drug-likeness (QED) is 0.919. The van der Waals surface area contributed by atoms with Crippen LogP contribution in [0.1, 0.15) is 38.2 Å². The third-order valence-electron chi connectivity index (χ3n) is 4.51. The van der Waals surface area contributed by atoms with Crippen molar-refractivity contribution in [1.82, 2.24) is 20.0 Å². The number of hydrogen-bond donors (Lipinski definition) is 1. The molecule has 5 heteroatoms. The molecule has 3 heterocycles. The molecule has 0 radical (unpaired) electrons. The average molecular weight is 285 g/mol. The Morgan fingerprint density at radius 3 is 2.63 bits per heavy atom. The number of aryl methyl sites for hydroxylation is 1. The van der Waals surface area contributed by atoms with Crippen molar-refractivity contribution in [2.75, 3.05) is 7.05 Å². The molecule has 108 valence electrons. The van der Waals surface area contributed by atoms with Gasteiger partial charge in [0.2, 0.25) is 0 Å². The lowest BCUT2D eigenvalue weighted by atomic mass is 9.98. The van der Waals surface area contributed by atoms with Gasteiger partial charge < -0.3 is 5.32 Å². The van der Waals surface area contributed by atoms with Gasteiger partial charge in [0.05, 0.1) is 6.20 Å². The molecule has 0 amide bonds. The van der Waals surface area contributed by atoms with Crippen LogP contribution in [0, 0.1) is 0 Å². The highest BCUT2D eigenvalue weighted by molar-refractivity contribution is 5.85. The molecule has 1 aromatic rings. The lowest BCUT2D eigenvalue weighted by Gasteiger charge is -2.35. The maximum atomic E-state index is 4.35. The monoisotopic (exact) mass is 284 g/mol. The van der Waals surface area contributed by atoms with E-state index in [1.54, 1.807) is 0 Å². The predicted molar refractivity (Wildman–Crippen MR) is 79.6 cm³/mol. The minimum Gasteiger partial charge on any atom is -0.311 e. The van der Waals surface area contributed by atoms with E-state index in [1.165, 1.54) is 31.2 Å². The van der Waals surface area contributed by atoms with Crippen LogP contribution in [0.25, 0.3) is 0 Å². The van der Waals surface area contributed by atoms with Crippen LogP contribution in [-0.2, 0) is 13.1 Å². The maximum absolute atomic E-state index is 4.35. The summed E-state index contributed by atoms with van der Waals surface area (Å²) in [4.78, 5) is 2.52. The van der Waals surface area contributed by atoms with E-state index in [0.717, 1.165) is 31.2 Å². The summed E-state index contributed by atoms with van der Waals surface area (Å²) in [6.07, 6.45) is 9.57. The number of rotatable bonds is 4. The number of piperidine rings is 1. The summed E-state index contributed by atoms with van der Waals surface area (Å²) in [5.41, 5.74) is 1.34. The van der Waals surface area contributed by atoms with Crippen molar-refractivity contribution in [3.63, 3.8) is 0 Å². The normalized spacial score (nSPS) is 29.5. The van der Waals surface area contributed by atoms with E-state index in [9.17, 15) is 0 Å². The molecule has 0 spiro atoms. The van der Waals surface area contributed by atoms with Gasteiger partial charge in [-0.15, -0.1) is 12.4 Å². The summed E-state index contributed by atoms with van der Waals surface area (Å²) in [6.45, 7) is 4.12. The summed E-state index contributed by atoms with van der Waals surface area (Å²) in [6, 6.07) is 2.29. The lowest BCUT2D eigenvalue weighted by Crippen LogP contribution is -2.46. The van der Waals surface area contributed by atoms with Crippen molar-refractivity contribution < 1.29 is 0 Å². The van der Waals surface area contributed by atoms with Crippen LogP contribution >= 0.6 is 12.4 Å². The first kappa shape index (κ1) is 14.8. The standard InChI is InChI=1S/C14H24N4.ClH/c1-3-18-10-11(8-15-18)9-17(2)14-6-12-4-5-13(7-14)16-12;/h8,10,12-14,16H,3-7,9H2,1-2H3;1H. The molecule has 0 saturated carbocycles. The molecule has 2 saturated heterocycles. The number of halogens is 1. The maximum Gasteiger partial charge on any atom is 0.0534 e. The Bertz CT molecular complexity index is 394. The highest BCUT2D eigenvalue weighted by Crippen LogP contribution is 2.29. The molecule has 2 aliphatic rings. The zero-order valence-corrected chi connectivity index (χ0v) is 12.7. The molecule has 19 heavy (non-hydrogen) atoms. The van der Waals surface area contributed by atoms with Crippen LogP contribution in [0.5, 0.6) is 0 Å². The van der Waals surface area contributed by atoms with Crippen LogP contribution in [0.15, 0.2) is 12.4 Å². The molecule has 2 bridgehead atoms. The summed E-state index contributed by atoms with van der Waals surface area (Å²) < 4.78 is 2.01. The van der Waals surface area contributed by atoms with Crippen LogP contribution in [-0.4, -0.2) is 39.9 Å². The van der Waals surface area contributed by atoms with Crippen LogP contribution in [0.4, 0.5) is 0 Å². The van der Waals surface area contributed by atoms with E-state index in [-0.39, 0.29) is 12.4 Å². The lowest BCUT2D eigenvalue weighted by molar-refractivity contribution is 0.166. The third-order valence-corrected chi connectivity index (χ3v) is 4.51. The van der Waals surface area contributed by atoms with E-state index in [0.29, 0.717) is 0 Å². The third kappa shape index (κ3) is 3.30. The van der Waals surface area contributed by atoms with Crippen molar-refractivity contribution >= 4 is 12.4 Å². The number of nitrogens with one attached hydrogen (secondary N) is 1. The molecular weight excluding hydrogens is 260 g/mol. The van der Waals surface area contributed by atoms with E-state index in [1.807, 2.05) is 10.9 Å². The number of nitrogens with zero attached hydrogens (tertiary/aromatic N) is 3. The Kier molecular flexibility index (Phi) is 4.87. The molecule has 2 fully saturated rings. The van der Waals surface area contributed by atoms with E-state index < -0.39 is 0 Å². The first-order valence-electron chi connectivity index (χ1n) is 7.22. The number of aromatic nitrogens is 2. The Morgan fingerprint density at radius 1 is 1.37 bits per heavy atom. The fourth-order valence-corrected chi connectivity index (χ4v) is 3.47. The van der Waals surface area contributed by atoms with Gasteiger partial charge in [-0.2, -0.15) is 5.10 Å². The molecule has 3 rings (SSSR count). The van der Waals surface area contributed by atoms with E-state index in [4.69, 9.17) is 0 Å². The zero-order chi connectivity index (χ0) is 12.5. The molecule has 0 aliphatic carbocycles. The Morgan fingerprint density at radius 2 is 2.05 bits per heavy atom. The van der Waals surface area contributed by atoms with Crippen LogP contribution < -0.4 is 5.32 Å². The van der Waals surface area contributed by atoms with Crippen LogP contribution in [0.2, 0.25) is 0 Å². The summed E-state index contributed by atoms with van der Waals surface area (Å²) in [7, 11) is 2.26. The molecule has 0 aromatic carbocycles. The SMILES string of the molecule is CCn1cc(CN(C)C2CC3CCC(C2)N3)cn1.Cl. The molecule has 1 N–H and O–H groups in total. The number of fused-ring (bicyclic) bond motifs is 2. The zero-order valence-electron chi connectivity index (χ0n) is 11.9. The first-order chi connectivity index (χ1) is 8.74. The van der Waals surface area contributed by atoms with Crippen molar-refractivity contribution in [3.8, 4) is 0 Å². The van der Waals surface area contributed by atoms with Gasteiger partial charge in [-0.1, -0.05) is 0 Å². The van der Waals surface area contributed by atoms with Gasteiger partial charge in [-0.05, 0) is 39.7 Å². The smallest absolute Gasteiger partial charge is 0.0534 e. The van der Waals surface area contributed by atoms with Crippen molar-refractivity contribution in [1.29, 1.82) is 0 Å². The highest BCUT2D eigenvalue weighted by atomic mass is 35.5. The second-order valence-corrected chi connectivity index (χ2v) is 5.88. The van der Waals surface area contributed by atoms with E-state index >= 15 is 0 Å². The summed E-state index contributed by atoms with van der Waals surface area (Å²) in [5, 5.41) is 8.06. The average Bonchev–Trinajstić information content (AvgIpc) is 2.96. The Hall–Kier alpha value is -0.580. The fraction of sp³-hybridized carbons (Fsp3) is 0.786. The molecule has 2 atom stereocenters. The Labute approximate surface area is 122 Å². The summed E-state index contributed by atoms with van der Waals surface area (Å²) in [5.74, 6) is 0. The van der Waals surface area contributed by atoms with Crippen molar-refractivity contribution in [3.05, 3.63) is 18.0 Å². The minimum absolute atomic E-state index is 0. The van der Waals surface area contributed by atoms with Gasteiger partial charge in [0.1, 0.15) is 0 Å². The van der Waals surface area contributed by atoms with Crippen LogP contribution in [0.3, 0.4) is 0 Å². The molecule has 1 aromatic heterocycles. The van der Waals surface area contributed by atoms with Gasteiger partial charge in [0.15, 0.2) is 0 Å². The number of hydrogen-bond acceptors (Lipinski definition) is 3. The van der Waals surface area contributed by atoms with Gasteiger partial charge in [0, 0.05) is 43.0 Å². The molecular formula is C14H25ClN4. The topological polar surface area (TPSA) is 33.1 Å². The van der Waals surface area contributed by atoms with Crippen molar-refractivity contribution in [2.45, 2.75) is 63.8 Å². The summed E-state index contributed by atoms with van der Waals surface area (Å²) >= 11 is 0. The predicted octanol–water partition coefficient (Wildman–Crippen LogP) is 2.04. The van der Waals surface area contributed by atoms with E-state index in [2.05, 4.69) is 35.5 Å². The largest absolute Gasteiger partial charge is 0.311 e. The van der Waals surface area contributed by atoms with Gasteiger partial charge in [0.25, 0.3) is 0 Å². The second-order valence-electron chi connectivity index (χ2n) is 5.88. The van der Waals surface area contributed by atoms with Gasteiger partial charge in [-0.25, -0.2) is 0 Å². The van der Waals surface area contributed by atoms with Crippen molar-refractivity contribution in [2.24, 2.45) is 0 Å². The fourth-order valence-electron chi connectivity index (χ4n) is 3.47. The molecule has 2 aliphatic heterocycles. The second kappa shape index (κ2) is 6.25.